The van der Waals surface area contributed by atoms with Crippen LogP contribution in [0, 0.1) is 12.8 Å². The van der Waals surface area contributed by atoms with Gasteiger partial charge < -0.3 is 18.8 Å². The number of esters is 1. The minimum atomic E-state index is -0.488. The van der Waals surface area contributed by atoms with E-state index in [0.29, 0.717) is 49.6 Å². The Bertz CT molecular complexity index is 1130. The third-order valence-electron chi connectivity index (χ3n) is 6.21. The third kappa shape index (κ3) is 4.85. The van der Waals surface area contributed by atoms with E-state index in [1.54, 1.807) is 49.2 Å². The molecule has 0 saturated carbocycles. The van der Waals surface area contributed by atoms with E-state index in [4.69, 9.17) is 9.15 Å². The molecule has 8 nitrogen and oxygen atoms in total. The Hall–Kier alpha value is -3.39. The van der Waals surface area contributed by atoms with Gasteiger partial charge in [0.15, 0.2) is 0 Å². The van der Waals surface area contributed by atoms with Crippen molar-refractivity contribution in [1.82, 2.24) is 14.5 Å². The van der Waals surface area contributed by atoms with Gasteiger partial charge in [-0.15, -0.1) is 0 Å². The lowest BCUT2D eigenvalue weighted by Gasteiger charge is -2.37. The molecule has 1 N–H and O–H groups in total. The predicted octanol–water partition coefficient (Wildman–Crippen LogP) is 3.26. The molecule has 1 atom stereocenters. The number of aromatic hydroxyl groups is 1. The number of rotatable bonds is 7. The summed E-state index contributed by atoms with van der Waals surface area (Å²) in [5.74, 6) is 0.284. The molecule has 174 valence electrons. The van der Waals surface area contributed by atoms with Gasteiger partial charge in [0.2, 0.25) is 0 Å². The number of piperidine rings is 1. The molecule has 33 heavy (non-hydrogen) atoms. The fraction of sp³-hybridized carbons (Fsp3) is 0.400. The Morgan fingerprint density at radius 1 is 1.30 bits per heavy atom. The quantitative estimate of drug-likeness (QED) is 0.551. The van der Waals surface area contributed by atoms with Crippen molar-refractivity contribution in [2.45, 2.75) is 39.3 Å². The van der Waals surface area contributed by atoms with Crippen LogP contribution < -0.4 is 5.56 Å². The van der Waals surface area contributed by atoms with Gasteiger partial charge in [-0.3, -0.25) is 19.5 Å². The van der Waals surface area contributed by atoms with Crippen LogP contribution in [0.25, 0.3) is 0 Å². The molecule has 1 aliphatic rings. The molecule has 0 bridgehead atoms. The SMILES string of the molecule is CCOC(=O)C1CCN([C@@H](c2cccnc2)c2c(O)cc(C)n(Cc3ccco3)c2=O)CC1. The lowest BCUT2D eigenvalue weighted by atomic mass is 9.91. The molecule has 0 aliphatic carbocycles. The second kappa shape index (κ2) is 10.0. The first-order valence-electron chi connectivity index (χ1n) is 11.3. The Labute approximate surface area is 192 Å². The summed E-state index contributed by atoms with van der Waals surface area (Å²) in [7, 11) is 0. The summed E-state index contributed by atoms with van der Waals surface area (Å²) in [4.78, 5) is 32.3. The Morgan fingerprint density at radius 3 is 2.73 bits per heavy atom. The van der Waals surface area contributed by atoms with Crippen molar-refractivity contribution < 1.29 is 19.1 Å². The van der Waals surface area contributed by atoms with Crippen LogP contribution in [-0.4, -0.2) is 45.2 Å². The number of likely N-dealkylation sites (tertiary alicyclic amines) is 1. The van der Waals surface area contributed by atoms with Crippen molar-refractivity contribution in [2.24, 2.45) is 5.92 Å². The molecule has 3 aromatic rings. The highest BCUT2D eigenvalue weighted by Gasteiger charge is 2.34. The zero-order valence-electron chi connectivity index (χ0n) is 18.9. The first-order chi connectivity index (χ1) is 16.0. The lowest BCUT2D eigenvalue weighted by Crippen LogP contribution is -2.42. The van der Waals surface area contributed by atoms with E-state index < -0.39 is 6.04 Å². The maximum atomic E-state index is 13.7. The van der Waals surface area contributed by atoms with Crippen molar-refractivity contribution in [3.8, 4) is 5.75 Å². The molecule has 1 aliphatic heterocycles. The molecule has 0 unspecified atom stereocenters. The number of aryl methyl sites for hydroxylation is 1. The molecule has 4 rings (SSSR count). The normalized spacial score (nSPS) is 15.9. The van der Waals surface area contributed by atoms with E-state index in [0.717, 1.165) is 5.56 Å². The van der Waals surface area contributed by atoms with Gasteiger partial charge in [-0.2, -0.15) is 0 Å². The summed E-state index contributed by atoms with van der Waals surface area (Å²) >= 11 is 0. The molecule has 0 amide bonds. The van der Waals surface area contributed by atoms with Gasteiger partial charge in [-0.1, -0.05) is 6.07 Å². The van der Waals surface area contributed by atoms with Gasteiger partial charge in [-0.05, 0) is 69.6 Å². The summed E-state index contributed by atoms with van der Waals surface area (Å²) in [6.07, 6.45) is 6.23. The fourth-order valence-electron chi connectivity index (χ4n) is 4.53. The molecule has 3 aromatic heterocycles. The standard InChI is InChI=1S/C25H29N3O5/c1-3-32-25(31)18-8-11-27(12-9-18)23(19-6-4-10-26-15-19)22-21(29)14-17(2)28(24(22)30)16-20-7-5-13-33-20/h4-7,10,13-15,18,23,29H,3,8-9,11-12,16H2,1-2H3/t23-/m0/s1. The van der Waals surface area contributed by atoms with Crippen molar-refractivity contribution in [2.75, 3.05) is 19.7 Å². The highest BCUT2D eigenvalue weighted by atomic mass is 16.5. The van der Waals surface area contributed by atoms with E-state index in [1.807, 2.05) is 18.2 Å². The topological polar surface area (TPSA) is 97.8 Å². The zero-order chi connectivity index (χ0) is 23.4. The Balaban J connectivity index is 1.72. The van der Waals surface area contributed by atoms with E-state index >= 15 is 0 Å². The largest absolute Gasteiger partial charge is 0.507 e. The molecule has 4 heterocycles. The number of hydrogen-bond acceptors (Lipinski definition) is 7. The summed E-state index contributed by atoms with van der Waals surface area (Å²) in [6, 6.07) is 8.46. The van der Waals surface area contributed by atoms with Gasteiger partial charge in [0, 0.05) is 18.1 Å². The average molecular weight is 452 g/mol. The average Bonchev–Trinajstić information content (AvgIpc) is 3.34. The molecule has 8 heteroatoms. The van der Waals surface area contributed by atoms with E-state index in [1.165, 1.54) is 0 Å². The van der Waals surface area contributed by atoms with Gasteiger partial charge in [0.1, 0.15) is 11.5 Å². The minimum Gasteiger partial charge on any atom is -0.507 e. The van der Waals surface area contributed by atoms with Gasteiger partial charge >= 0.3 is 5.97 Å². The number of carbonyl (C=O) groups is 1. The minimum absolute atomic E-state index is 0.0467. The number of aromatic nitrogens is 2. The van der Waals surface area contributed by atoms with Crippen LogP contribution in [0.2, 0.25) is 0 Å². The van der Waals surface area contributed by atoms with Crippen LogP contribution in [0.1, 0.15) is 48.4 Å². The monoisotopic (exact) mass is 451 g/mol. The van der Waals surface area contributed by atoms with Crippen LogP contribution in [0.4, 0.5) is 0 Å². The van der Waals surface area contributed by atoms with Gasteiger partial charge in [0.05, 0.1) is 36.9 Å². The molecular weight excluding hydrogens is 422 g/mol. The molecular formula is C25H29N3O5. The van der Waals surface area contributed by atoms with Gasteiger partial charge in [0.25, 0.3) is 5.56 Å². The number of nitrogens with zero attached hydrogens (tertiary/aromatic N) is 3. The number of furan rings is 1. The lowest BCUT2D eigenvalue weighted by molar-refractivity contribution is -0.149. The Kier molecular flexibility index (Phi) is 6.93. The van der Waals surface area contributed by atoms with Crippen LogP contribution >= 0.6 is 0 Å². The molecule has 0 radical (unpaired) electrons. The molecule has 0 spiro atoms. The van der Waals surface area contributed by atoms with Crippen molar-refractivity contribution in [1.29, 1.82) is 0 Å². The van der Waals surface area contributed by atoms with E-state index in [-0.39, 0.29) is 29.7 Å². The maximum absolute atomic E-state index is 13.7. The zero-order valence-corrected chi connectivity index (χ0v) is 18.9. The Morgan fingerprint density at radius 2 is 2.09 bits per heavy atom. The smallest absolute Gasteiger partial charge is 0.309 e. The van der Waals surface area contributed by atoms with Crippen LogP contribution in [0.15, 0.2) is 58.2 Å². The van der Waals surface area contributed by atoms with Crippen molar-refractivity contribution in [3.05, 3.63) is 81.9 Å². The molecule has 0 aromatic carbocycles. The number of hydrogen-bond donors (Lipinski definition) is 1. The molecule has 1 fully saturated rings. The highest BCUT2D eigenvalue weighted by molar-refractivity contribution is 5.72. The first kappa shape index (κ1) is 22.8. The number of pyridine rings is 2. The second-order valence-electron chi connectivity index (χ2n) is 8.31. The maximum Gasteiger partial charge on any atom is 0.309 e. The van der Waals surface area contributed by atoms with Crippen LogP contribution in [0.3, 0.4) is 0 Å². The summed E-state index contributed by atoms with van der Waals surface area (Å²) < 4.78 is 12.3. The number of ether oxygens (including phenoxy) is 1. The summed E-state index contributed by atoms with van der Waals surface area (Å²) in [6.45, 7) is 5.42. The highest BCUT2D eigenvalue weighted by Crippen LogP contribution is 2.35. The fourth-order valence-corrected chi connectivity index (χ4v) is 4.53. The predicted molar refractivity (Wildman–Crippen MR) is 122 cm³/mol. The second-order valence-corrected chi connectivity index (χ2v) is 8.31. The molecule has 1 saturated heterocycles. The first-order valence-corrected chi connectivity index (χ1v) is 11.3. The van der Waals surface area contributed by atoms with Crippen molar-refractivity contribution >= 4 is 5.97 Å². The van der Waals surface area contributed by atoms with E-state index in [2.05, 4.69) is 9.88 Å². The summed E-state index contributed by atoms with van der Waals surface area (Å²) in [5.41, 5.74) is 1.48. The number of carbonyl (C=O) groups excluding carboxylic acids is 1. The van der Waals surface area contributed by atoms with Crippen molar-refractivity contribution in [3.63, 3.8) is 0 Å². The van der Waals surface area contributed by atoms with Crippen LogP contribution in [0.5, 0.6) is 5.75 Å². The summed E-state index contributed by atoms with van der Waals surface area (Å²) in [5, 5.41) is 10.9. The third-order valence-corrected chi connectivity index (χ3v) is 6.21. The van der Waals surface area contributed by atoms with E-state index in [9.17, 15) is 14.7 Å². The van der Waals surface area contributed by atoms with Gasteiger partial charge in [-0.25, -0.2) is 0 Å². The van der Waals surface area contributed by atoms with Crippen LogP contribution in [-0.2, 0) is 16.1 Å².